The Balaban J connectivity index is 2.05. The molecule has 2 fully saturated rings. The first kappa shape index (κ1) is 11.2. The van der Waals surface area contributed by atoms with Crippen LogP contribution in [-0.2, 0) is 9.53 Å². The molecular formula is C10H17NO3S. The van der Waals surface area contributed by atoms with Crippen LogP contribution in [0, 0.1) is 0 Å². The van der Waals surface area contributed by atoms with Gasteiger partial charge in [-0.25, -0.2) is 0 Å². The van der Waals surface area contributed by atoms with E-state index in [2.05, 4.69) is 5.32 Å². The molecule has 2 aliphatic heterocycles. The lowest BCUT2D eigenvalue weighted by atomic mass is 9.98. The van der Waals surface area contributed by atoms with Crippen molar-refractivity contribution in [3.8, 4) is 0 Å². The number of carboxylic acid groups (broad SMARTS) is 1. The van der Waals surface area contributed by atoms with Crippen molar-refractivity contribution in [1.82, 2.24) is 5.32 Å². The van der Waals surface area contributed by atoms with Crippen molar-refractivity contribution in [2.45, 2.75) is 49.8 Å². The van der Waals surface area contributed by atoms with Gasteiger partial charge >= 0.3 is 5.97 Å². The monoisotopic (exact) mass is 231 g/mol. The molecule has 0 bridgehead atoms. The van der Waals surface area contributed by atoms with Crippen molar-refractivity contribution < 1.29 is 14.6 Å². The minimum Gasteiger partial charge on any atom is -0.480 e. The average Bonchev–Trinajstić information content (AvgIpc) is 2.46. The predicted octanol–water partition coefficient (Wildman–Crippen LogP) is 1.06. The van der Waals surface area contributed by atoms with E-state index in [-0.39, 0.29) is 17.1 Å². The molecule has 0 amide bonds. The Morgan fingerprint density at radius 2 is 2.07 bits per heavy atom. The van der Waals surface area contributed by atoms with Gasteiger partial charge in [-0.3, -0.25) is 10.1 Å². The zero-order valence-electron chi connectivity index (χ0n) is 9.03. The summed E-state index contributed by atoms with van der Waals surface area (Å²) < 4.78 is 5.67. The normalized spacial score (nSPS) is 45.9. The molecule has 2 saturated heterocycles. The van der Waals surface area contributed by atoms with Crippen molar-refractivity contribution in [2.75, 3.05) is 5.75 Å². The van der Waals surface area contributed by atoms with Crippen molar-refractivity contribution in [3.63, 3.8) is 0 Å². The maximum atomic E-state index is 10.9. The highest BCUT2D eigenvalue weighted by atomic mass is 32.2. The third-order valence-corrected chi connectivity index (χ3v) is 4.46. The van der Waals surface area contributed by atoms with Crippen LogP contribution in [0.25, 0.3) is 0 Å². The lowest BCUT2D eigenvalue weighted by Gasteiger charge is -2.40. The van der Waals surface area contributed by atoms with E-state index in [4.69, 9.17) is 9.84 Å². The number of aliphatic carboxylic acids is 1. The van der Waals surface area contributed by atoms with E-state index in [1.807, 2.05) is 13.8 Å². The van der Waals surface area contributed by atoms with E-state index in [0.717, 1.165) is 12.8 Å². The fourth-order valence-corrected chi connectivity index (χ4v) is 4.16. The second kappa shape index (κ2) is 3.96. The van der Waals surface area contributed by atoms with E-state index >= 15 is 0 Å². The van der Waals surface area contributed by atoms with E-state index in [1.165, 1.54) is 0 Å². The Kier molecular flexibility index (Phi) is 2.96. The van der Waals surface area contributed by atoms with Crippen LogP contribution in [0.2, 0.25) is 0 Å². The fourth-order valence-electron chi connectivity index (χ4n) is 2.52. The summed E-state index contributed by atoms with van der Waals surface area (Å²) in [6.07, 6.45) is 2.21. The molecule has 2 aliphatic rings. The maximum Gasteiger partial charge on any atom is 0.321 e. The number of rotatable bonds is 1. The van der Waals surface area contributed by atoms with Crippen molar-refractivity contribution in [1.29, 1.82) is 0 Å². The Bertz CT molecular complexity index is 261. The van der Waals surface area contributed by atoms with Gasteiger partial charge in [0.2, 0.25) is 0 Å². The average molecular weight is 231 g/mol. The SMILES string of the molecule is CC1CC2(CC(C)O1)N[C@H](C(=O)O)CS2. The Morgan fingerprint density at radius 3 is 2.53 bits per heavy atom. The predicted molar refractivity (Wildman–Crippen MR) is 59.0 cm³/mol. The van der Waals surface area contributed by atoms with E-state index in [0.29, 0.717) is 5.75 Å². The second-order valence-corrected chi connectivity index (χ2v) is 5.91. The quantitative estimate of drug-likeness (QED) is 0.706. The summed E-state index contributed by atoms with van der Waals surface area (Å²) in [6, 6.07) is -0.396. The lowest BCUT2D eigenvalue weighted by molar-refractivity contribution is -0.139. The van der Waals surface area contributed by atoms with Gasteiger partial charge in [0.1, 0.15) is 6.04 Å². The third-order valence-electron chi connectivity index (χ3n) is 2.96. The highest BCUT2D eigenvalue weighted by molar-refractivity contribution is 8.01. The molecule has 0 aromatic rings. The van der Waals surface area contributed by atoms with Gasteiger partial charge in [0.05, 0.1) is 17.1 Å². The van der Waals surface area contributed by atoms with E-state index < -0.39 is 12.0 Å². The third kappa shape index (κ3) is 2.29. The van der Waals surface area contributed by atoms with Crippen LogP contribution in [0.4, 0.5) is 0 Å². The molecule has 5 heteroatoms. The molecule has 2 unspecified atom stereocenters. The molecule has 86 valence electrons. The minimum absolute atomic E-state index is 0.0693. The summed E-state index contributed by atoms with van der Waals surface area (Å²) in [4.78, 5) is 10.8. The van der Waals surface area contributed by atoms with Crippen LogP contribution in [0.5, 0.6) is 0 Å². The summed E-state index contributed by atoms with van der Waals surface area (Å²) >= 11 is 1.74. The van der Waals surface area contributed by atoms with Crippen molar-refractivity contribution in [2.24, 2.45) is 0 Å². The number of carbonyl (C=O) groups is 1. The Labute approximate surface area is 93.8 Å². The molecule has 2 heterocycles. The highest BCUT2D eigenvalue weighted by Gasteiger charge is 2.46. The largest absolute Gasteiger partial charge is 0.480 e. The zero-order valence-corrected chi connectivity index (χ0v) is 9.84. The molecule has 0 saturated carbocycles. The number of hydrogen-bond acceptors (Lipinski definition) is 4. The summed E-state index contributed by atoms with van der Waals surface area (Å²) in [5.41, 5.74) is 0. The maximum absolute atomic E-state index is 10.9. The molecule has 2 rings (SSSR count). The topological polar surface area (TPSA) is 58.6 Å². The highest BCUT2D eigenvalue weighted by Crippen LogP contribution is 2.42. The first-order chi connectivity index (χ1) is 7.01. The molecule has 1 spiro atoms. The van der Waals surface area contributed by atoms with Gasteiger partial charge in [-0.1, -0.05) is 0 Å². The van der Waals surface area contributed by atoms with E-state index in [1.54, 1.807) is 11.8 Å². The molecule has 0 aromatic heterocycles. The van der Waals surface area contributed by atoms with Gasteiger partial charge in [0.15, 0.2) is 0 Å². The number of hydrogen-bond donors (Lipinski definition) is 2. The smallest absolute Gasteiger partial charge is 0.321 e. The van der Waals surface area contributed by atoms with Gasteiger partial charge in [0.25, 0.3) is 0 Å². The van der Waals surface area contributed by atoms with Crippen LogP contribution in [0.15, 0.2) is 0 Å². The molecule has 3 atom stereocenters. The number of ether oxygens (including phenoxy) is 1. The van der Waals surface area contributed by atoms with Crippen molar-refractivity contribution >= 4 is 17.7 Å². The first-order valence-electron chi connectivity index (χ1n) is 5.31. The first-order valence-corrected chi connectivity index (χ1v) is 6.29. The van der Waals surface area contributed by atoms with Crippen molar-refractivity contribution in [3.05, 3.63) is 0 Å². The molecule has 15 heavy (non-hydrogen) atoms. The van der Waals surface area contributed by atoms with Gasteiger partial charge < -0.3 is 9.84 Å². The summed E-state index contributed by atoms with van der Waals surface area (Å²) in [5.74, 6) is -0.0828. The van der Waals surface area contributed by atoms with Crippen LogP contribution < -0.4 is 5.32 Å². The van der Waals surface area contributed by atoms with Gasteiger partial charge in [-0.05, 0) is 13.8 Å². The van der Waals surface area contributed by atoms with Crippen LogP contribution in [-0.4, -0.2) is 39.9 Å². The number of thioether (sulfide) groups is 1. The molecule has 0 radical (unpaired) electrons. The van der Waals surface area contributed by atoms with E-state index in [9.17, 15) is 4.79 Å². The summed E-state index contributed by atoms with van der Waals surface area (Å²) in [7, 11) is 0. The molecule has 2 N–H and O–H groups in total. The number of carboxylic acids is 1. The number of nitrogens with one attached hydrogen (secondary N) is 1. The fraction of sp³-hybridized carbons (Fsp3) is 0.900. The van der Waals surface area contributed by atoms with Crippen LogP contribution in [0.1, 0.15) is 26.7 Å². The second-order valence-electron chi connectivity index (χ2n) is 4.51. The summed E-state index contributed by atoms with van der Waals surface area (Å²) in [5, 5.41) is 12.2. The standard InChI is InChI=1S/C10H17NO3S/c1-6-3-10(4-7(2)14-6)11-8(5-15-10)9(12)13/h6-8,11H,3-5H2,1-2H3,(H,12,13)/t6?,7?,8-,10?/m0/s1. The van der Waals surface area contributed by atoms with Crippen LogP contribution >= 0.6 is 11.8 Å². The molecule has 0 aliphatic carbocycles. The molecular weight excluding hydrogens is 214 g/mol. The zero-order chi connectivity index (χ0) is 11.1. The Morgan fingerprint density at radius 1 is 1.47 bits per heavy atom. The van der Waals surface area contributed by atoms with Gasteiger partial charge in [-0.2, -0.15) is 0 Å². The Hall–Kier alpha value is -0.260. The van der Waals surface area contributed by atoms with Crippen LogP contribution in [0.3, 0.4) is 0 Å². The summed E-state index contributed by atoms with van der Waals surface area (Å²) in [6.45, 7) is 4.10. The minimum atomic E-state index is -0.744. The lowest BCUT2D eigenvalue weighted by Crippen LogP contribution is -2.51. The van der Waals surface area contributed by atoms with Gasteiger partial charge in [-0.15, -0.1) is 11.8 Å². The van der Waals surface area contributed by atoms with Gasteiger partial charge in [0, 0.05) is 18.6 Å². The molecule has 0 aromatic carbocycles. The molecule has 4 nitrogen and oxygen atoms in total.